The molecule has 2 N–H and O–H groups in total. The summed E-state index contributed by atoms with van der Waals surface area (Å²) in [5.74, 6) is -0.548. The fraction of sp³-hybridized carbons (Fsp3) is 0.423. The van der Waals surface area contributed by atoms with E-state index >= 15 is 0 Å². The van der Waals surface area contributed by atoms with Crippen molar-refractivity contribution in [3.63, 3.8) is 0 Å². The van der Waals surface area contributed by atoms with Gasteiger partial charge in [0, 0.05) is 12.1 Å². The maximum absolute atomic E-state index is 12.8. The maximum Gasteiger partial charge on any atom is 0.408 e. The molecule has 33 heavy (non-hydrogen) atoms. The Balaban J connectivity index is 1.85. The third kappa shape index (κ3) is 11.2. The second-order valence-electron chi connectivity index (χ2n) is 8.80. The fourth-order valence-electron chi connectivity index (χ4n) is 3.11. The van der Waals surface area contributed by atoms with Crippen LogP contribution in [0.1, 0.15) is 58.4 Å². The maximum atomic E-state index is 12.8. The van der Waals surface area contributed by atoms with Crippen LogP contribution in [0, 0.1) is 0 Å². The summed E-state index contributed by atoms with van der Waals surface area (Å²) < 4.78 is 10.6. The summed E-state index contributed by atoms with van der Waals surface area (Å²) in [7, 11) is 0. The van der Waals surface area contributed by atoms with Gasteiger partial charge in [-0.15, -0.1) is 0 Å². The van der Waals surface area contributed by atoms with Crippen LogP contribution in [0.3, 0.4) is 0 Å². The lowest BCUT2D eigenvalue weighted by atomic mass is 10.1. The minimum atomic E-state index is -0.755. The van der Waals surface area contributed by atoms with Crippen molar-refractivity contribution >= 4 is 23.7 Å². The number of ether oxygens (including phenoxy) is 2. The molecule has 0 fully saturated rings. The summed E-state index contributed by atoms with van der Waals surface area (Å²) in [5.41, 5.74) is 1.01. The van der Waals surface area contributed by atoms with Gasteiger partial charge in [-0.05, 0) is 51.3 Å². The molecule has 0 bridgehead atoms. The molecule has 0 radical (unpaired) electrons. The summed E-state index contributed by atoms with van der Waals surface area (Å²) in [6.07, 6.45) is 2.14. The summed E-state index contributed by atoms with van der Waals surface area (Å²) in [5, 5.41) is 5.50. The minimum absolute atomic E-state index is 0.121. The van der Waals surface area contributed by atoms with Gasteiger partial charge in [0.1, 0.15) is 18.2 Å². The van der Waals surface area contributed by atoms with E-state index in [1.54, 1.807) is 12.1 Å². The first-order chi connectivity index (χ1) is 15.7. The Morgan fingerprint density at radius 2 is 1.52 bits per heavy atom. The predicted octanol–water partition coefficient (Wildman–Crippen LogP) is 5.21. The Morgan fingerprint density at radius 1 is 0.879 bits per heavy atom. The number of para-hydroxylation sites is 1. The highest BCUT2D eigenvalue weighted by atomic mass is 16.6. The van der Waals surface area contributed by atoms with Gasteiger partial charge in [0.25, 0.3) is 0 Å². The summed E-state index contributed by atoms with van der Waals surface area (Å²) in [6, 6.07) is 17.6. The molecule has 2 amide bonds. The highest BCUT2D eigenvalue weighted by Crippen LogP contribution is 2.13. The topological polar surface area (TPSA) is 93.7 Å². The molecule has 0 aliphatic rings. The fourth-order valence-corrected chi connectivity index (χ4v) is 3.11. The van der Waals surface area contributed by atoms with Crippen LogP contribution < -0.4 is 10.6 Å². The van der Waals surface area contributed by atoms with Crippen molar-refractivity contribution in [2.24, 2.45) is 0 Å². The third-order valence-corrected chi connectivity index (χ3v) is 4.66. The first kappa shape index (κ1) is 25.9. The van der Waals surface area contributed by atoms with Crippen LogP contribution in [0.5, 0.6) is 0 Å². The van der Waals surface area contributed by atoms with Crippen LogP contribution >= 0.6 is 0 Å². The molecule has 0 aliphatic carbocycles. The van der Waals surface area contributed by atoms with Gasteiger partial charge in [0.15, 0.2) is 0 Å². The van der Waals surface area contributed by atoms with E-state index in [4.69, 9.17) is 9.47 Å². The molecule has 2 aromatic carbocycles. The molecule has 2 aromatic rings. The van der Waals surface area contributed by atoms with Crippen molar-refractivity contribution in [3.8, 4) is 0 Å². The van der Waals surface area contributed by atoms with E-state index in [2.05, 4.69) is 10.6 Å². The van der Waals surface area contributed by atoms with Gasteiger partial charge in [0.05, 0.1) is 0 Å². The molecule has 1 unspecified atom stereocenters. The van der Waals surface area contributed by atoms with Crippen LogP contribution in [-0.2, 0) is 25.7 Å². The Morgan fingerprint density at radius 3 is 2.15 bits per heavy atom. The van der Waals surface area contributed by atoms with Gasteiger partial charge in [-0.3, -0.25) is 9.59 Å². The molecule has 7 heteroatoms. The van der Waals surface area contributed by atoms with Crippen molar-refractivity contribution in [2.75, 3.05) is 5.32 Å². The van der Waals surface area contributed by atoms with Gasteiger partial charge < -0.3 is 20.1 Å². The van der Waals surface area contributed by atoms with E-state index < -0.39 is 17.7 Å². The summed E-state index contributed by atoms with van der Waals surface area (Å²) in [6.45, 7) is 5.63. The zero-order valence-electron chi connectivity index (χ0n) is 19.6. The van der Waals surface area contributed by atoms with Crippen molar-refractivity contribution < 1.29 is 23.9 Å². The van der Waals surface area contributed by atoms with Crippen LogP contribution in [0.2, 0.25) is 0 Å². The van der Waals surface area contributed by atoms with Crippen LogP contribution in [0.25, 0.3) is 0 Å². The number of carbonyl (C=O) groups excluding carboxylic acids is 3. The number of nitrogens with one attached hydrogen (secondary N) is 2. The number of rotatable bonds is 11. The average molecular weight is 455 g/mol. The van der Waals surface area contributed by atoms with Crippen molar-refractivity contribution in [1.29, 1.82) is 0 Å². The zero-order chi connectivity index (χ0) is 24.1. The van der Waals surface area contributed by atoms with Gasteiger partial charge in [-0.1, -0.05) is 61.4 Å². The molecule has 0 aliphatic heterocycles. The van der Waals surface area contributed by atoms with Crippen LogP contribution in [0.4, 0.5) is 10.5 Å². The first-order valence-corrected chi connectivity index (χ1v) is 11.3. The zero-order valence-corrected chi connectivity index (χ0v) is 19.6. The van der Waals surface area contributed by atoms with E-state index in [1.165, 1.54) is 0 Å². The van der Waals surface area contributed by atoms with Gasteiger partial charge in [-0.2, -0.15) is 0 Å². The number of hydrogen-bond donors (Lipinski definition) is 2. The van der Waals surface area contributed by atoms with Gasteiger partial charge in [-0.25, -0.2) is 4.79 Å². The Kier molecular flexibility index (Phi) is 10.4. The number of alkyl carbamates (subject to hydrolysis) is 1. The Labute approximate surface area is 195 Å². The minimum Gasteiger partial charge on any atom is -0.460 e. The molecule has 0 aromatic heterocycles. The monoisotopic (exact) mass is 454 g/mol. The van der Waals surface area contributed by atoms with Crippen molar-refractivity contribution in [2.45, 2.75) is 71.1 Å². The Bertz CT molecular complexity index is 879. The molecular weight excluding hydrogens is 420 g/mol. The lowest BCUT2D eigenvalue weighted by Crippen LogP contribution is -2.44. The van der Waals surface area contributed by atoms with Gasteiger partial charge in [0.2, 0.25) is 5.91 Å². The van der Waals surface area contributed by atoms with E-state index in [1.807, 2.05) is 69.3 Å². The quantitative estimate of drug-likeness (QED) is 0.359. The van der Waals surface area contributed by atoms with Crippen LogP contribution in [-0.4, -0.2) is 29.6 Å². The number of carbonyl (C=O) groups is 3. The number of esters is 1. The largest absolute Gasteiger partial charge is 0.460 e. The third-order valence-electron chi connectivity index (χ3n) is 4.66. The molecule has 0 heterocycles. The SMILES string of the molecule is CC(C)(C)OC(=O)CCCCCC(NC(=O)OCc1ccccc1)C(=O)Nc1ccccc1. The lowest BCUT2D eigenvalue weighted by Gasteiger charge is -2.20. The first-order valence-electron chi connectivity index (χ1n) is 11.3. The highest BCUT2D eigenvalue weighted by Gasteiger charge is 2.22. The van der Waals surface area contributed by atoms with E-state index in [9.17, 15) is 14.4 Å². The average Bonchev–Trinajstić information content (AvgIpc) is 2.77. The number of benzene rings is 2. The summed E-state index contributed by atoms with van der Waals surface area (Å²) >= 11 is 0. The van der Waals surface area contributed by atoms with Crippen molar-refractivity contribution in [1.82, 2.24) is 5.32 Å². The molecule has 0 saturated carbocycles. The standard InChI is InChI=1S/C26H34N2O5/c1-26(2,3)33-23(29)18-12-6-11-17-22(24(30)27-21-15-9-5-10-16-21)28-25(31)32-19-20-13-7-4-8-14-20/h4-5,7-10,13-16,22H,6,11-12,17-19H2,1-3H3,(H,27,30)(H,28,31). The molecule has 0 saturated heterocycles. The molecule has 0 spiro atoms. The molecule has 2 rings (SSSR count). The number of hydrogen-bond acceptors (Lipinski definition) is 5. The molecule has 1 atom stereocenters. The van der Waals surface area contributed by atoms with E-state index in [-0.39, 0.29) is 18.5 Å². The second kappa shape index (κ2) is 13.3. The predicted molar refractivity (Wildman–Crippen MR) is 128 cm³/mol. The van der Waals surface area contributed by atoms with Crippen molar-refractivity contribution in [3.05, 3.63) is 66.2 Å². The van der Waals surface area contributed by atoms with Crippen LogP contribution in [0.15, 0.2) is 60.7 Å². The number of amides is 2. The van der Waals surface area contributed by atoms with E-state index in [0.717, 1.165) is 12.0 Å². The van der Waals surface area contributed by atoms with Gasteiger partial charge >= 0.3 is 12.1 Å². The molecular formula is C26H34N2O5. The normalized spacial score (nSPS) is 11.8. The smallest absolute Gasteiger partial charge is 0.408 e. The lowest BCUT2D eigenvalue weighted by molar-refractivity contribution is -0.154. The second-order valence-corrected chi connectivity index (χ2v) is 8.80. The highest BCUT2D eigenvalue weighted by molar-refractivity contribution is 5.96. The number of unbranched alkanes of at least 4 members (excludes halogenated alkanes) is 2. The Hall–Kier alpha value is -3.35. The van der Waals surface area contributed by atoms with E-state index in [0.29, 0.717) is 31.4 Å². The number of anilines is 1. The molecule has 178 valence electrons. The molecule has 7 nitrogen and oxygen atoms in total. The summed E-state index contributed by atoms with van der Waals surface area (Å²) in [4.78, 5) is 37.0.